The average Bonchev–Trinajstić information content (AvgIpc) is 1.83. The van der Waals surface area contributed by atoms with Crippen molar-refractivity contribution in [2.24, 2.45) is 5.41 Å². The molecule has 0 spiro atoms. The molecule has 11 heavy (non-hydrogen) atoms. The predicted molar refractivity (Wildman–Crippen MR) is 57.1 cm³/mol. The highest BCUT2D eigenvalue weighted by atomic mass is 32.1. The lowest BCUT2D eigenvalue weighted by molar-refractivity contribution is 0.0345. The summed E-state index contributed by atoms with van der Waals surface area (Å²) in [6.45, 7) is 10.6. The van der Waals surface area contributed by atoms with Crippen LogP contribution in [-0.4, -0.2) is 24.9 Å². The monoisotopic (exact) mass is 192 g/mol. The largest absolute Gasteiger partial charge is 0.392 e. The molecule has 0 aromatic rings. The zero-order valence-electron chi connectivity index (χ0n) is 8.18. The molecule has 1 unspecified atom stereocenters. The summed E-state index contributed by atoms with van der Waals surface area (Å²) in [7, 11) is -1.05. The van der Waals surface area contributed by atoms with Crippen LogP contribution in [0, 0.1) is 5.41 Å². The lowest BCUT2D eigenvalue weighted by Crippen LogP contribution is -2.54. The van der Waals surface area contributed by atoms with Gasteiger partial charge in [-0.05, 0) is 5.41 Å². The Morgan fingerprint density at radius 2 is 1.64 bits per heavy atom. The zero-order chi connectivity index (χ0) is 9.28. The van der Waals surface area contributed by atoms with Crippen LogP contribution in [-0.2, 0) is 0 Å². The van der Waals surface area contributed by atoms with Crippen molar-refractivity contribution >= 4 is 21.4 Å². The molecule has 1 nitrogen and oxygen atoms in total. The van der Waals surface area contributed by atoms with E-state index in [0.29, 0.717) is 5.75 Å². The molecule has 0 aliphatic rings. The molecule has 0 rings (SSSR count). The van der Waals surface area contributed by atoms with Crippen molar-refractivity contribution in [3.63, 3.8) is 0 Å². The molecule has 0 aliphatic heterocycles. The van der Waals surface area contributed by atoms with Crippen LogP contribution in [0.5, 0.6) is 0 Å². The minimum Gasteiger partial charge on any atom is -0.392 e. The van der Waals surface area contributed by atoms with E-state index in [2.05, 4.69) is 46.5 Å². The van der Waals surface area contributed by atoms with Crippen molar-refractivity contribution in [1.29, 1.82) is 0 Å². The summed E-state index contributed by atoms with van der Waals surface area (Å²) < 4.78 is 0. The summed E-state index contributed by atoms with van der Waals surface area (Å²) in [5, 5.41) is 9.70. The topological polar surface area (TPSA) is 20.2 Å². The second kappa shape index (κ2) is 3.50. The fraction of sp³-hybridized carbons (Fsp3) is 1.00. The van der Waals surface area contributed by atoms with E-state index >= 15 is 0 Å². The fourth-order valence-corrected chi connectivity index (χ4v) is 4.95. The Kier molecular flexibility index (Phi) is 3.67. The van der Waals surface area contributed by atoms with E-state index in [1.165, 1.54) is 0 Å². The molecule has 0 fully saturated rings. The molecule has 68 valence electrons. The highest BCUT2D eigenvalue weighted by Gasteiger charge is 2.41. The highest BCUT2D eigenvalue weighted by molar-refractivity contribution is 7.80. The fourth-order valence-electron chi connectivity index (χ4n) is 1.29. The van der Waals surface area contributed by atoms with E-state index in [0.717, 1.165) is 0 Å². The molecular formula is C8H20OSSi. The first kappa shape index (κ1) is 11.5. The minimum absolute atomic E-state index is 0.0326. The van der Waals surface area contributed by atoms with E-state index in [1.54, 1.807) is 0 Å². The number of hydrogen-bond acceptors (Lipinski definition) is 2. The first-order valence-corrected chi connectivity index (χ1v) is 7.61. The van der Waals surface area contributed by atoms with Gasteiger partial charge in [0.15, 0.2) is 0 Å². The Morgan fingerprint density at radius 1 is 1.27 bits per heavy atom. The van der Waals surface area contributed by atoms with Crippen molar-refractivity contribution in [3.05, 3.63) is 0 Å². The summed E-state index contributed by atoms with van der Waals surface area (Å²) >= 11 is 4.22. The van der Waals surface area contributed by atoms with Crippen LogP contribution >= 0.6 is 12.6 Å². The van der Waals surface area contributed by atoms with Gasteiger partial charge in [0.05, 0.1) is 14.0 Å². The number of thiol groups is 1. The van der Waals surface area contributed by atoms with Crippen LogP contribution in [0.3, 0.4) is 0 Å². The van der Waals surface area contributed by atoms with Crippen LogP contribution in [0.1, 0.15) is 20.8 Å². The lowest BCUT2D eigenvalue weighted by Gasteiger charge is -2.42. The van der Waals surface area contributed by atoms with Gasteiger partial charge in [0.1, 0.15) is 0 Å². The Bertz CT molecular complexity index is 131. The van der Waals surface area contributed by atoms with Crippen molar-refractivity contribution in [3.8, 4) is 0 Å². The molecule has 0 radical (unpaired) electrons. The molecule has 0 amide bonds. The van der Waals surface area contributed by atoms with Crippen molar-refractivity contribution in [1.82, 2.24) is 0 Å². The van der Waals surface area contributed by atoms with Crippen molar-refractivity contribution in [2.75, 3.05) is 5.75 Å². The Labute approximate surface area is 77.2 Å². The van der Waals surface area contributed by atoms with Gasteiger partial charge in [-0.2, -0.15) is 12.6 Å². The molecular weight excluding hydrogens is 172 g/mol. The summed E-state index contributed by atoms with van der Waals surface area (Å²) in [6, 6.07) is 0. The molecule has 0 heterocycles. The SMILES string of the molecule is C[SiH](C)C(O)(CS)C(C)(C)C. The summed E-state index contributed by atoms with van der Waals surface area (Å²) in [5.41, 5.74) is -0.0326. The third kappa shape index (κ3) is 2.23. The van der Waals surface area contributed by atoms with E-state index in [1.807, 2.05) is 0 Å². The second-order valence-corrected chi connectivity index (χ2v) is 8.07. The van der Waals surface area contributed by atoms with Crippen LogP contribution in [0.2, 0.25) is 13.1 Å². The van der Waals surface area contributed by atoms with Gasteiger partial charge in [-0.15, -0.1) is 0 Å². The number of rotatable bonds is 2. The molecule has 1 atom stereocenters. The molecule has 1 N–H and O–H groups in total. The summed E-state index contributed by atoms with van der Waals surface area (Å²) in [4.78, 5) is 0. The third-order valence-corrected chi connectivity index (χ3v) is 6.30. The van der Waals surface area contributed by atoms with Crippen LogP contribution < -0.4 is 0 Å². The van der Waals surface area contributed by atoms with Gasteiger partial charge in [0, 0.05) is 5.75 Å². The highest BCUT2D eigenvalue weighted by Crippen LogP contribution is 2.33. The lowest BCUT2D eigenvalue weighted by atomic mass is 9.89. The van der Waals surface area contributed by atoms with Crippen molar-refractivity contribution < 1.29 is 5.11 Å². The molecule has 0 saturated heterocycles. The maximum Gasteiger partial charge on any atom is 0.0709 e. The standard InChI is InChI=1S/C8H20OSSi/c1-7(2,3)8(9,6-10)11(4)5/h9-11H,6H2,1-5H3. The van der Waals surface area contributed by atoms with Gasteiger partial charge in [-0.3, -0.25) is 0 Å². The Hall–Kier alpha value is 0.527. The maximum atomic E-state index is 10.2. The molecule has 0 aromatic heterocycles. The summed E-state index contributed by atoms with van der Waals surface area (Å²) in [6.07, 6.45) is 0. The minimum atomic E-state index is -1.05. The Balaban J connectivity index is 4.61. The number of aliphatic hydroxyl groups is 1. The first-order valence-electron chi connectivity index (χ1n) is 4.09. The van der Waals surface area contributed by atoms with Crippen LogP contribution in [0.15, 0.2) is 0 Å². The second-order valence-electron chi connectivity index (χ2n) is 4.49. The van der Waals surface area contributed by atoms with Gasteiger partial charge in [0.2, 0.25) is 0 Å². The zero-order valence-corrected chi connectivity index (χ0v) is 10.2. The van der Waals surface area contributed by atoms with Crippen LogP contribution in [0.25, 0.3) is 0 Å². The van der Waals surface area contributed by atoms with Gasteiger partial charge in [-0.1, -0.05) is 33.9 Å². The molecule has 0 bridgehead atoms. The molecule has 0 saturated carbocycles. The predicted octanol–water partition coefficient (Wildman–Crippen LogP) is 1.72. The van der Waals surface area contributed by atoms with E-state index in [4.69, 9.17) is 0 Å². The molecule has 3 heteroatoms. The van der Waals surface area contributed by atoms with E-state index in [9.17, 15) is 5.11 Å². The van der Waals surface area contributed by atoms with E-state index < -0.39 is 14.0 Å². The molecule has 0 aromatic carbocycles. The summed E-state index contributed by atoms with van der Waals surface area (Å²) in [5.74, 6) is 0.584. The Morgan fingerprint density at radius 3 is 1.64 bits per heavy atom. The van der Waals surface area contributed by atoms with Gasteiger partial charge < -0.3 is 5.11 Å². The molecule has 0 aliphatic carbocycles. The van der Waals surface area contributed by atoms with Crippen molar-refractivity contribution in [2.45, 2.75) is 39.1 Å². The van der Waals surface area contributed by atoms with Gasteiger partial charge >= 0.3 is 0 Å². The first-order chi connectivity index (χ1) is 4.75. The maximum absolute atomic E-state index is 10.2. The smallest absolute Gasteiger partial charge is 0.0709 e. The normalized spacial score (nSPS) is 18.5. The van der Waals surface area contributed by atoms with Gasteiger partial charge in [-0.25, -0.2) is 0 Å². The third-order valence-electron chi connectivity index (χ3n) is 2.49. The quantitative estimate of drug-likeness (QED) is 0.504. The average molecular weight is 192 g/mol. The van der Waals surface area contributed by atoms with Gasteiger partial charge in [0.25, 0.3) is 0 Å². The van der Waals surface area contributed by atoms with Crippen LogP contribution in [0.4, 0.5) is 0 Å². The van der Waals surface area contributed by atoms with E-state index in [-0.39, 0.29) is 5.41 Å². The number of hydrogen-bond donors (Lipinski definition) is 2.